The van der Waals surface area contributed by atoms with Crippen molar-refractivity contribution in [1.82, 2.24) is 0 Å². The Labute approximate surface area is 160 Å². The fourth-order valence-electron chi connectivity index (χ4n) is 2.65. The van der Waals surface area contributed by atoms with E-state index in [-0.39, 0.29) is 25.8 Å². The van der Waals surface area contributed by atoms with Crippen LogP contribution in [-0.4, -0.2) is 28.3 Å². The van der Waals surface area contributed by atoms with Crippen LogP contribution in [-0.2, 0) is 0 Å². The van der Waals surface area contributed by atoms with Gasteiger partial charge in [-0.15, -0.1) is 0 Å². The van der Waals surface area contributed by atoms with Gasteiger partial charge in [0.2, 0.25) is 0 Å². The molecule has 6 heteroatoms. The maximum atomic E-state index is 9.03. The van der Waals surface area contributed by atoms with E-state index in [4.69, 9.17) is 10.3 Å². The van der Waals surface area contributed by atoms with Gasteiger partial charge in [-0.25, -0.2) is 0 Å². The summed E-state index contributed by atoms with van der Waals surface area (Å²) >= 11 is 1.94. The Hall–Kier alpha value is -1.58. The molecule has 0 heterocycles. The maximum absolute atomic E-state index is 9.03. The van der Waals surface area contributed by atoms with Gasteiger partial charge in [-0.3, -0.25) is 0 Å². The van der Waals surface area contributed by atoms with Crippen molar-refractivity contribution < 1.29 is 4.74 Å². The fraction of sp³-hybridized carbons (Fsp3) is 0.368. The number of hydrogen-bond donors (Lipinski definition) is 0. The number of hydrogen-bond acceptors (Lipinski definition) is 3. The third kappa shape index (κ3) is 4.96. The summed E-state index contributed by atoms with van der Waals surface area (Å²) in [6.45, 7) is 4.37. The van der Waals surface area contributed by atoms with Crippen molar-refractivity contribution in [1.29, 1.82) is 0 Å². The first-order valence-corrected chi connectivity index (χ1v) is 11.2. The van der Waals surface area contributed by atoms with Crippen LogP contribution in [0, 0.1) is 0 Å². The van der Waals surface area contributed by atoms with E-state index in [2.05, 4.69) is 36.2 Å². The Morgan fingerprint density at radius 2 is 1.84 bits per heavy atom. The van der Waals surface area contributed by atoms with Gasteiger partial charge in [0, 0.05) is 0 Å². The van der Waals surface area contributed by atoms with Crippen LogP contribution in [0.3, 0.4) is 0 Å². The van der Waals surface area contributed by atoms with Crippen LogP contribution >= 0.6 is 11.8 Å². The molecule has 2 rings (SSSR count). The van der Waals surface area contributed by atoms with Gasteiger partial charge in [-0.1, -0.05) is 0 Å². The van der Waals surface area contributed by atoms with Crippen molar-refractivity contribution in [3.05, 3.63) is 70.1 Å². The number of ether oxygens (including phenoxy) is 1. The van der Waals surface area contributed by atoms with Gasteiger partial charge in [-0.2, -0.15) is 0 Å². The predicted octanol–water partition coefficient (Wildman–Crippen LogP) is 5.31. The molecular weight excluding hydrogens is 397 g/mol. The van der Waals surface area contributed by atoms with Crippen LogP contribution in [0.2, 0.25) is 4.82 Å². The minimum atomic E-state index is -0.173. The van der Waals surface area contributed by atoms with E-state index in [1.165, 1.54) is 10.0 Å². The minimum absolute atomic E-state index is 0.112. The number of benzene rings is 2. The average Bonchev–Trinajstić information content (AvgIpc) is 2.66. The molecule has 0 unspecified atom stereocenters. The van der Waals surface area contributed by atoms with Crippen molar-refractivity contribution in [2.75, 3.05) is 13.4 Å². The molecule has 0 fully saturated rings. The van der Waals surface area contributed by atoms with E-state index in [0.29, 0.717) is 5.25 Å². The van der Waals surface area contributed by atoms with Gasteiger partial charge in [0.25, 0.3) is 0 Å². The van der Waals surface area contributed by atoms with E-state index < -0.39 is 0 Å². The first-order valence-electron chi connectivity index (χ1n) is 8.07. The van der Waals surface area contributed by atoms with E-state index in [0.717, 1.165) is 11.3 Å². The van der Waals surface area contributed by atoms with Crippen LogP contribution < -0.4 is 9.20 Å². The Morgan fingerprint density at radius 1 is 1.12 bits per heavy atom. The monoisotopic (exact) mass is 421 g/mol. The molecule has 0 aliphatic rings. The molecule has 2 aromatic carbocycles. The SMILES string of the molecule is COc1cccc([C@H](C)SC)c1[Se][C@@H](C)[C@H](N=[N+]=[N-])c1ccccc1. The molecule has 132 valence electrons. The summed E-state index contributed by atoms with van der Waals surface area (Å²) in [7, 11) is 1.72. The standard InChI is InChI=1S/C19H23N3OSSe/c1-13(24-4)16-11-8-12-17(23-3)19(16)25-14(2)18(21-22-20)15-9-6-5-7-10-15/h5-14,18H,1-4H3/t13-,14-,18-/m0/s1. The van der Waals surface area contributed by atoms with Gasteiger partial charge in [-0.05, 0) is 0 Å². The molecular formula is C19H23N3OSSe. The molecule has 0 N–H and O–H groups in total. The summed E-state index contributed by atoms with van der Waals surface area (Å²) in [5, 5.41) is 4.49. The Bertz CT molecular complexity index is 735. The first kappa shape index (κ1) is 19.7. The molecule has 0 aromatic heterocycles. The number of nitrogens with zero attached hydrogens (tertiary/aromatic N) is 3. The van der Waals surface area contributed by atoms with Crippen molar-refractivity contribution in [3.8, 4) is 5.75 Å². The van der Waals surface area contributed by atoms with Gasteiger partial charge in [0.15, 0.2) is 0 Å². The summed E-state index contributed by atoms with van der Waals surface area (Å²) in [5.41, 5.74) is 11.4. The van der Waals surface area contributed by atoms with Crippen LogP contribution in [0.25, 0.3) is 10.4 Å². The van der Waals surface area contributed by atoms with Crippen LogP contribution in [0.4, 0.5) is 0 Å². The number of thioether (sulfide) groups is 1. The molecule has 25 heavy (non-hydrogen) atoms. The zero-order valence-electron chi connectivity index (χ0n) is 14.9. The van der Waals surface area contributed by atoms with Crippen LogP contribution in [0.15, 0.2) is 53.6 Å². The molecule has 0 aliphatic heterocycles. The molecule has 0 aliphatic carbocycles. The van der Waals surface area contributed by atoms with Crippen LogP contribution in [0.1, 0.15) is 36.3 Å². The predicted molar refractivity (Wildman–Crippen MR) is 108 cm³/mol. The number of methoxy groups -OCH3 is 1. The van der Waals surface area contributed by atoms with Crippen molar-refractivity contribution in [2.45, 2.75) is 30.0 Å². The summed E-state index contributed by atoms with van der Waals surface area (Å²) in [5.74, 6) is 0.929. The second kappa shape index (κ2) is 9.79. The molecule has 0 bridgehead atoms. The molecule has 0 spiro atoms. The number of rotatable bonds is 8. The fourth-order valence-corrected chi connectivity index (χ4v) is 6.13. The molecule has 0 radical (unpaired) electrons. The van der Waals surface area contributed by atoms with Crippen molar-refractivity contribution in [3.63, 3.8) is 0 Å². The average molecular weight is 420 g/mol. The third-order valence-corrected chi connectivity index (χ3v) is 7.78. The van der Waals surface area contributed by atoms with Gasteiger partial charge in [0.05, 0.1) is 0 Å². The van der Waals surface area contributed by atoms with Gasteiger partial charge in [0.1, 0.15) is 0 Å². The molecule has 2 aromatic rings. The molecule has 3 atom stereocenters. The van der Waals surface area contributed by atoms with Crippen LogP contribution in [0.5, 0.6) is 5.75 Å². The van der Waals surface area contributed by atoms with Crippen molar-refractivity contribution >= 4 is 31.2 Å². The van der Waals surface area contributed by atoms with Gasteiger partial charge >= 0.3 is 160 Å². The summed E-state index contributed by atoms with van der Waals surface area (Å²) in [4.78, 5) is 3.31. The summed E-state index contributed by atoms with van der Waals surface area (Å²) in [6, 6.07) is 16.1. The number of azide groups is 1. The molecule has 0 amide bonds. The molecule has 0 saturated heterocycles. The van der Waals surface area contributed by atoms with Gasteiger partial charge < -0.3 is 0 Å². The topological polar surface area (TPSA) is 58.0 Å². The van der Waals surface area contributed by atoms with Crippen molar-refractivity contribution in [2.24, 2.45) is 5.11 Å². The molecule has 4 nitrogen and oxygen atoms in total. The summed E-state index contributed by atoms with van der Waals surface area (Å²) in [6.07, 6.45) is 2.12. The summed E-state index contributed by atoms with van der Waals surface area (Å²) < 4.78 is 6.89. The first-order chi connectivity index (χ1) is 12.1. The zero-order chi connectivity index (χ0) is 18.2. The second-order valence-electron chi connectivity index (χ2n) is 5.64. The Kier molecular flexibility index (Phi) is 7.73. The van der Waals surface area contributed by atoms with E-state index >= 15 is 0 Å². The quantitative estimate of drug-likeness (QED) is 0.252. The second-order valence-corrected chi connectivity index (χ2v) is 9.73. The Morgan fingerprint density at radius 3 is 2.44 bits per heavy atom. The van der Waals surface area contributed by atoms with E-state index in [1.807, 2.05) is 54.2 Å². The van der Waals surface area contributed by atoms with E-state index in [1.54, 1.807) is 7.11 Å². The Balaban J connectivity index is 2.38. The molecule has 0 saturated carbocycles. The zero-order valence-corrected chi connectivity index (χ0v) is 17.4. The normalized spacial score (nSPS) is 14.2. The van der Waals surface area contributed by atoms with E-state index in [9.17, 15) is 0 Å². The third-order valence-electron chi connectivity index (χ3n) is 4.09.